The van der Waals surface area contributed by atoms with E-state index in [1.165, 1.54) is 5.69 Å². The van der Waals surface area contributed by atoms with Crippen LogP contribution in [0.4, 0.5) is 17.1 Å². The van der Waals surface area contributed by atoms with E-state index in [0.29, 0.717) is 11.4 Å². The second-order valence-electron chi connectivity index (χ2n) is 4.10. The molecule has 1 aliphatic rings. The molecule has 2 rings (SSSR count). The lowest BCUT2D eigenvalue weighted by atomic mass is 10.2. The van der Waals surface area contributed by atoms with Crippen molar-refractivity contribution < 1.29 is 0 Å². The Kier molecular flexibility index (Phi) is 5.73. The predicted octanol–water partition coefficient (Wildman–Crippen LogP) is 0.927. The van der Waals surface area contributed by atoms with Crippen LogP contribution in [0.1, 0.15) is 0 Å². The number of nitrogen functional groups attached to an aromatic ring is 2. The lowest BCUT2D eigenvalue weighted by Gasteiger charge is -2.34. The normalized spacial score (nSPS) is 15.9. The maximum Gasteiger partial charge on any atom is 0.0568 e. The van der Waals surface area contributed by atoms with E-state index in [4.69, 9.17) is 11.5 Å². The van der Waals surface area contributed by atoms with Crippen molar-refractivity contribution in [3.05, 3.63) is 18.2 Å². The van der Waals surface area contributed by atoms with Crippen molar-refractivity contribution in [1.29, 1.82) is 0 Å². The fourth-order valence-corrected chi connectivity index (χ4v) is 1.82. The molecule has 6 nitrogen and oxygen atoms in total. The lowest BCUT2D eigenvalue weighted by molar-refractivity contribution is 0.313. The highest BCUT2D eigenvalue weighted by Crippen LogP contribution is 2.23. The molecule has 1 heterocycles. The number of nitrogens with zero attached hydrogens (tertiary/aromatic N) is 2. The summed E-state index contributed by atoms with van der Waals surface area (Å²) in [6.07, 6.45) is 0. The maximum absolute atomic E-state index is 5.79. The van der Waals surface area contributed by atoms with Crippen molar-refractivity contribution in [1.82, 2.24) is 17.2 Å². The second kappa shape index (κ2) is 6.29. The van der Waals surface area contributed by atoms with Gasteiger partial charge in [0.25, 0.3) is 0 Å². The van der Waals surface area contributed by atoms with Crippen LogP contribution in [0.15, 0.2) is 18.2 Å². The molecule has 17 heavy (non-hydrogen) atoms. The monoisotopic (exact) mass is 240 g/mol. The first-order valence-electron chi connectivity index (χ1n) is 5.25. The Morgan fingerprint density at radius 1 is 0.941 bits per heavy atom. The fourth-order valence-electron chi connectivity index (χ4n) is 1.82. The highest BCUT2D eigenvalue weighted by Gasteiger charge is 2.14. The molecule has 1 fully saturated rings. The zero-order valence-electron chi connectivity index (χ0n) is 10.5. The Bertz CT molecular complexity index is 346. The van der Waals surface area contributed by atoms with Gasteiger partial charge in [-0.1, -0.05) is 0 Å². The van der Waals surface area contributed by atoms with Crippen LogP contribution in [0, 0.1) is 0 Å². The van der Waals surface area contributed by atoms with Crippen LogP contribution in [0.5, 0.6) is 0 Å². The van der Waals surface area contributed by atoms with Crippen molar-refractivity contribution in [2.45, 2.75) is 0 Å². The first-order valence-corrected chi connectivity index (χ1v) is 5.25. The van der Waals surface area contributed by atoms with E-state index in [1.54, 1.807) is 0 Å². The molecule has 6 heteroatoms. The third-order valence-corrected chi connectivity index (χ3v) is 2.94. The lowest BCUT2D eigenvalue weighted by Crippen LogP contribution is -2.44. The van der Waals surface area contributed by atoms with Crippen LogP contribution < -0.4 is 28.7 Å². The molecule has 1 saturated heterocycles. The summed E-state index contributed by atoms with van der Waals surface area (Å²) in [5.41, 5.74) is 14.0. The summed E-state index contributed by atoms with van der Waals surface area (Å²) in [5.74, 6) is 0. The van der Waals surface area contributed by atoms with Crippen molar-refractivity contribution in [3.8, 4) is 0 Å². The van der Waals surface area contributed by atoms with E-state index in [9.17, 15) is 0 Å². The molecule has 0 aliphatic carbocycles. The van der Waals surface area contributed by atoms with Gasteiger partial charge in [0.15, 0.2) is 0 Å². The minimum Gasteiger partial charge on any atom is -0.397 e. The number of likely N-dealkylation sites (N-methyl/N-ethyl adjacent to an activating group) is 1. The SMILES string of the molecule is CN1CCN(c2ccc(N)c(N)c2)CC1.N.N. The van der Waals surface area contributed by atoms with Gasteiger partial charge in [0.1, 0.15) is 0 Å². The number of piperazine rings is 1. The van der Waals surface area contributed by atoms with Crippen molar-refractivity contribution in [3.63, 3.8) is 0 Å². The van der Waals surface area contributed by atoms with Gasteiger partial charge in [-0.15, -0.1) is 0 Å². The molecule has 0 saturated carbocycles. The number of anilines is 3. The Morgan fingerprint density at radius 3 is 2.06 bits per heavy atom. The van der Waals surface area contributed by atoms with Gasteiger partial charge in [0, 0.05) is 31.9 Å². The maximum atomic E-state index is 5.79. The number of nitrogens with two attached hydrogens (primary N) is 2. The first kappa shape index (κ1) is 15.5. The molecule has 0 unspecified atom stereocenters. The molecule has 0 bridgehead atoms. The molecule has 10 N–H and O–H groups in total. The van der Waals surface area contributed by atoms with Crippen LogP contribution >= 0.6 is 0 Å². The van der Waals surface area contributed by atoms with Crippen molar-refractivity contribution in [2.24, 2.45) is 0 Å². The molecule has 0 radical (unpaired) electrons. The van der Waals surface area contributed by atoms with Gasteiger partial charge in [-0.2, -0.15) is 0 Å². The molecular weight excluding hydrogens is 216 g/mol. The summed E-state index contributed by atoms with van der Waals surface area (Å²) in [6.45, 7) is 4.31. The number of rotatable bonds is 1. The van der Waals surface area contributed by atoms with Crippen LogP contribution in [0.3, 0.4) is 0 Å². The number of hydrogen-bond donors (Lipinski definition) is 4. The fraction of sp³-hybridized carbons (Fsp3) is 0.455. The summed E-state index contributed by atoms with van der Waals surface area (Å²) < 4.78 is 0. The van der Waals surface area contributed by atoms with E-state index in [1.807, 2.05) is 18.2 Å². The molecule has 98 valence electrons. The van der Waals surface area contributed by atoms with Crippen LogP contribution in [-0.4, -0.2) is 38.1 Å². The molecule has 0 amide bonds. The topological polar surface area (TPSA) is 129 Å². The van der Waals surface area contributed by atoms with Gasteiger partial charge in [0.05, 0.1) is 11.4 Å². The van der Waals surface area contributed by atoms with Gasteiger partial charge in [-0.05, 0) is 25.2 Å². The molecule has 0 atom stereocenters. The average molecular weight is 240 g/mol. The van der Waals surface area contributed by atoms with E-state index in [-0.39, 0.29) is 12.3 Å². The van der Waals surface area contributed by atoms with Gasteiger partial charge in [0.2, 0.25) is 0 Å². The van der Waals surface area contributed by atoms with Crippen LogP contribution in [0.25, 0.3) is 0 Å². The summed E-state index contributed by atoms with van der Waals surface area (Å²) in [6, 6.07) is 5.88. The number of benzene rings is 1. The van der Waals surface area contributed by atoms with Gasteiger partial charge in [-0.25, -0.2) is 0 Å². The zero-order valence-corrected chi connectivity index (χ0v) is 10.5. The van der Waals surface area contributed by atoms with E-state index in [2.05, 4.69) is 16.8 Å². The Hall–Kier alpha value is -1.50. The molecular formula is C11H24N6. The predicted molar refractivity (Wildman–Crippen MR) is 75.0 cm³/mol. The molecule has 1 aliphatic heterocycles. The third-order valence-electron chi connectivity index (χ3n) is 2.94. The first-order chi connectivity index (χ1) is 7.16. The standard InChI is InChI=1S/C11H18N4.2H3N/c1-14-4-6-15(7-5-14)9-2-3-10(12)11(13)8-9;;/h2-3,8H,4-7,12-13H2,1H3;2*1H3. The summed E-state index contributed by atoms with van der Waals surface area (Å²) in [5, 5.41) is 0. The molecule has 0 aromatic heterocycles. The third kappa shape index (κ3) is 3.48. The Morgan fingerprint density at radius 2 is 1.53 bits per heavy atom. The zero-order chi connectivity index (χ0) is 10.8. The minimum absolute atomic E-state index is 0. The average Bonchev–Trinajstić information content (AvgIpc) is 2.23. The van der Waals surface area contributed by atoms with Crippen LogP contribution in [-0.2, 0) is 0 Å². The van der Waals surface area contributed by atoms with Gasteiger partial charge in [-0.3, -0.25) is 0 Å². The Labute approximate surface area is 103 Å². The number of hydrogen-bond acceptors (Lipinski definition) is 6. The largest absolute Gasteiger partial charge is 0.397 e. The highest BCUT2D eigenvalue weighted by atomic mass is 15.2. The Balaban J connectivity index is 0.00000128. The summed E-state index contributed by atoms with van der Waals surface area (Å²) >= 11 is 0. The van der Waals surface area contributed by atoms with Crippen molar-refractivity contribution >= 4 is 17.1 Å². The smallest absolute Gasteiger partial charge is 0.0568 e. The van der Waals surface area contributed by atoms with Crippen LogP contribution in [0.2, 0.25) is 0 Å². The van der Waals surface area contributed by atoms with E-state index >= 15 is 0 Å². The molecule has 0 spiro atoms. The molecule has 1 aromatic carbocycles. The molecule has 1 aromatic rings. The van der Waals surface area contributed by atoms with E-state index in [0.717, 1.165) is 26.2 Å². The van der Waals surface area contributed by atoms with Crippen molar-refractivity contribution in [2.75, 3.05) is 49.6 Å². The van der Waals surface area contributed by atoms with Gasteiger partial charge < -0.3 is 33.6 Å². The minimum atomic E-state index is 0. The summed E-state index contributed by atoms with van der Waals surface area (Å²) in [7, 11) is 2.15. The second-order valence-corrected chi connectivity index (χ2v) is 4.10. The van der Waals surface area contributed by atoms with E-state index < -0.39 is 0 Å². The van der Waals surface area contributed by atoms with Gasteiger partial charge >= 0.3 is 0 Å². The highest BCUT2D eigenvalue weighted by molar-refractivity contribution is 5.69. The summed E-state index contributed by atoms with van der Waals surface area (Å²) in [4.78, 5) is 4.67. The quantitative estimate of drug-likeness (QED) is 0.540.